The van der Waals surface area contributed by atoms with E-state index in [2.05, 4.69) is 5.32 Å². The zero-order valence-electron chi connectivity index (χ0n) is 16.2. The Morgan fingerprint density at radius 1 is 1.03 bits per heavy atom. The van der Waals surface area contributed by atoms with E-state index in [0.717, 1.165) is 16.8 Å². The lowest BCUT2D eigenvalue weighted by Gasteiger charge is -2.20. The highest BCUT2D eigenvalue weighted by atomic mass is 35.5. The minimum Gasteiger partial charge on any atom is -0.481 e. The van der Waals surface area contributed by atoms with Crippen LogP contribution >= 0.6 is 23.2 Å². The SMILES string of the molecule is Cc1ccc(Nc2ccc(Cl)c(C)c2Cl)c(CC(=O)O)c1.NC(CO)(CO)CO. The van der Waals surface area contributed by atoms with Gasteiger partial charge in [0.25, 0.3) is 0 Å². The molecule has 0 saturated carbocycles. The second kappa shape index (κ2) is 11.3. The first kappa shape index (κ1) is 25.2. The molecule has 0 bridgehead atoms. The molecule has 160 valence electrons. The Hall–Kier alpha value is -1.87. The summed E-state index contributed by atoms with van der Waals surface area (Å²) in [6.45, 7) is 2.55. The molecule has 0 heterocycles. The molecule has 0 aliphatic rings. The van der Waals surface area contributed by atoms with Crippen LogP contribution in [-0.2, 0) is 11.2 Å². The number of hydrogen-bond acceptors (Lipinski definition) is 6. The second-order valence-corrected chi connectivity index (χ2v) is 7.51. The van der Waals surface area contributed by atoms with Gasteiger partial charge in [-0.2, -0.15) is 0 Å². The van der Waals surface area contributed by atoms with Crippen LogP contribution in [0, 0.1) is 13.8 Å². The van der Waals surface area contributed by atoms with Crippen LogP contribution in [0.4, 0.5) is 11.4 Å². The molecule has 29 heavy (non-hydrogen) atoms. The van der Waals surface area contributed by atoms with Crippen molar-refractivity contribution in [3.63, 3.8) is 0 Å². The lowest BCUT2D eigenvalue weighted by atomic mass is 10.1. The topological polar surface area (TPSA) is 136 Å². The highest BCUT2D eigenvalue weighted by molar-refractivity contribution is 6.37. The minimum atomic E-state index is -1.21. The molecule has 7 nitrogen and oxygen atoms in total. The summed E-state index contributed by atoms with van der Waals surface area (Å²) in [7, 11) is 0. The largest absolute Gasteiger partial charge is 0.481 e. The van der Waals surface area contributed by atoms with Crippen LogP contribution in [0.5, 0.6) is 0 Å². The summed E-state index contributed by atoms with van der Waals surface area (Å²) < 4.78 is 0. The number of rotatable bonds is 7. The Balaban J connectivity index is 0.000000447. The van der Waals surface area contributed by atoms with E-state index >= 15 is 0 Å². The smallest absolute Gasteiger partial charge is 0.307 e. The number of aliphatic hydroxyl groups excluding tert-OH is 3. The molecule has 0 amide bonds. The van der Waals surface area contributed by atoms with E-state index in [0.29, 0.717) is 21.3 Å². The van der Waals surface area contributed by atoms with Gasteiger partial charge >= 0.3 is 5.97 Å². The molecule has 0 saturated heterocycles. The van der Waals surface area contributed by atoms with Gasteiger partial charge in [-0.1, -0.05) is 40.9 Å². The van der Waals surface area contributed by atoms with Crippen molar-refractivity contribution in [1.29, 1.82) is 0 Å². The van der Waals surface area contributed by atoms with Crippen LogP contribution in [0.1, 0.15) is 16.7 Å². The van der Waals surface area contributed by atoms with Gasteiger partial charge in [-0.3, -0.25) is 4.79 Å². The van der Waals surface area contributed by atoms with Crippen LogP contribution in [0.15, 0.2) is 30.3 Å². The summed E-state index contributed by atoms with van der Waals surface area (Å²) in [5.41, 5.74) is 7.88. The normalized spacial score (nSPS) is 10.9. The fourth-order valence-corrected chi connectivity index (χ4v) is 2.62. The maximum Gasteiger partial charge on any atom is 0.307 e. The summed E-state index contributed by atoms with van der Waals surface area (Å²) in [6.07, 6.45) is -0.0474. The molecule has 0 unspecified atom stereocenters. The molecule has 0 aromatic heterocycles. The molecule has 0 aliphatic carbocycles. The monoisotopic (exact) mass is 444 g/mol. The molecule has 0 atom stereocenters. The number of aryl methyl sites for hydroxylation is 1. The van der Waals surface area contributed by atoms with Gasteiger partial charge < -0.3 is 31.5 Å². The Bertz CT molecular complexity index is 834. The number of carbonyl (C=O) groups is 1. The third-order valence-corrected chi connectivity index (χ3v) is 5.03. The van der Waals surface area contributed by atoms with Crippen molar-refractivity contribution in [1.82, 2.24) is 0 Å². The number of carboxylic acid groups (broad SMARTS) is 1. The summed E-state index contributed by atoms with van der Waals surface area (Å²) in [4.78, 5) is 11.0. The lowest BCUT2D eigenvalue weighted by Crippen LogP contribution is -2.50. The number of benzene rings is 2. The zero-order valence-corrected chi connectivity index (χ0v) is 17.8. The number of carboxylic acids is 1. The number of halogens is 2. The maximum atomic E-state index is 11.0. The fraction of sp³-hybridized carbons (Fsp3) is 0.350. The number of aliphatic carboxylic acids is 1. The van der Waals surface area contributed by atoms with Crippen LogP contribution in [0.2, 0.25) is 10.0 Å². The van der Waals surface area contributed by atoms with E-state index in [9.17, 15) is 4.79 Å². The van der Waals surface area contributed by atoms with E-state index in [1.165, 1.54) is 0 Å². The van der Waals surface area contributed by atoms with E-state index in [1.54, 1.807) is 12.1 Å². The van der Waals surface area contributed by atoms with Crippen molar-refractivity contribution in [3.05, 3.63) is 57.1 Å². The Morgan fingerprint density at radius 2 is 1.59 bits per heavy atom. The highest BCUT2D eigenvalue weighted by Crippen LogP contribution is 2.33. The Morgan fingerprint density at radius 3 is 2.07 bits per heavy atom. The van der Waals surface area contributed by atoms with Crippen LogP contribution in [-0.4, -0.2) is 51.8 Å². The quantitative estimate of drug-likeness (QED) is 0.386. The van der Waals surface area contributed by atoms with E-state index in [1.807, 2.05) is 32.0 Å². The summed E-state index contributed by atoms with van der Waals surface area (Å²) >= 11 is 12.3. The first-order valence-electron chi connectivity index (χ1n) is 8.71. The fourth-order valence-electron chi connectivity index (χ4n) is 2.21. The minimum absolute atomic E-state index is 0.0474. The average molecular weight is 445 g/mol. The molecule has 0 fully saturated rings. The number of nitrogens with two attached hydrogens (primary N) is 1. The van der Waals surface area contributed by atoms with Gasteiger partial charge in [0.05, 0.1) is 42.5 Å². The van der Waals surface area contributed by atoms with Gasteiger partial charge in [-0.15, -0.1) is 0 Å². The van der Waals surface area contributed by atoms with Gasteiger partial charge in [-0.25, -0.2) is 0 Å². The first-order chi connectivity index (χ1) is 13.6. The van der Waals surface area contributed by atoms with Crippen molar-refractivity contribution < 1.29 is 25.2 Å². The second-order valence-electron chi connectivity index (χ2n) is 6.73. The molecule has 2 aromatic carbocycles. The molecular weight excluding hydrogens is 419 g/mol. The molecule has 9 heteroatoms. The molecule has 0 spiro atoms. The summed E-state index contributed by atoms with van der Waals surface area (Å²) in [5, 5.41) is 38.3. The molecule has 0 radical (unpaired) electrons. The zero-order chi connectivity index (χ0) is 22.2. The highest BCUT2D eigenvalue weighted by Gasteiger charge is 2.20. The van der Waals surface area contributed by atoms with Crippen LogP contribution in [0.25, 0.3) is 0 Å². The third-order valence-electron chi connectivity index (χ3n) is 4.14. The van der Waals surface area contributed by atoms with Crippen molar-refractivity contribution in [2.75, 3.05) is 25.1 Å². The summed E-state index contributed by atoms with van der Waals surface area (Å²) in [6, 6.07) is 9.17. The number of nitrogens with one attached hydrogen (secondary N) is 1. The molecule has 7 N–H and O–H groups in total. The average Bonchev–Trinajstić information content (AvgIpc) is 2.69. The van der Waals surface area contributed by atoms with Crippen LogP contribution < -0.4 is 11.1 Å². The molecule has 0 aliphatic heterocycles. The Labute approximate surface area is 179 Å². The lowest BCUT2D eigenvalue weighted by molar-refractivity contribution is -0.136. The van der Waals surface area contributed by atoms with Gasteiger partial charge in [0.2, 0.25) is 0 Å². The number of aliphatic hydroxyl groups is 3. The molecule has 2 aromatic rings. The van der Waals surface area contributed by atoms with Crippen LogP contribution in [0.3, 0.4) is 0 Å². The molecule has 2 rings (SSSR count). The maximum absolute atomic E-state index is 11.0. The van der Waals surface area contributed by atoms with Crippen molar-refractivity contribution in [2.24, 2.45) is 5.73 Å². The van der Waals surface area contributed by atoms with Gasteiger partial charge in [0, 0.05) is 10.7 Å². The third kappa shape index (κ3) is 7.47. The van der Waals surface area contributed by atoms with Gasteiger partial charge in [-0.05, 0) is 43.2 Å². The van der Waals surface area contributed by atoms with E-state index in [-0.39, 0.29) is 6.42 Å². The van der Waals surface area contributed by atoms with E-state index in [4.69, 9.17) is 49.4 Å². The number of hydrogen-bond donors (Lipinski definition) is 6. The molecular formula is C20H26Cl2N2O5. The standard InChI is InChI=1S/C16H15Cl2NO2.C4H11NO3/c1-9-3-5-13(11(7-9)8-15(20)21)19-14-6-4-12(17)10(2)16(14)18;5-4(1-6,2-7)3-8/h3-7,19H,8H2,1-2H3,(H,20,21);6-8H,1-3,5H2. The Kier molecular flexibility index (Phi) is 9.85. The predicted molar refractivity (Wildman–Crippen MR) is 115 cm³/mol. The first-order valence-corrected chi connectivity index (χ1v) is 9.47. The van der Waals surface area contributed by atoms with Crippen molar-refractivity contribution in [2.45, 2.75) is 25.8 Å². The van der Waals surface area contributed by atoms with E-state index < -0.39 is 31.3 Å². The van der Waals surface area contributed by atoms with Crippen molar-refractivity contribution in [3.8, 4) is 0 Å². The van der Waals surface area contributed by atoms with Gasteiger partial charge in [0.15, 0.2) is 0 Å². The predicted octanol–water partition coefficient (Wildman–Crippen LogP) is 2.64. The van der Waals surface area contributed by atoms with Crippen molar-refractivity contribution >= 4 is 40.5 Å². The van der Waals surface area contributed by atoms with Gasteiger partial charge in [0.1, 0.15) is 0 Å². The summed E-state index contributed by atoms with van der Waals surface area (Å²) in [5.74, 6) is -0.873. The number of anilines is 2.